The van der Waals surface area contributed by atoms with Crippen LogP contribution < -0.4 is 10.1 Å². The third-order valence-electron chi connectivity index (χ3n) is 1.79. The molecule has 1 aromatic rings. The topological polar surface area (TPSA) is 56.3 Å². The van der Waals surface area contributed by atoms with E-state index in [0.29, 0.717) is 30.6 Å². The van der Waals surface area contributed by atoms with Crippen molar-refractivity contribution in [3.05, 3.63) is 23.4 Å². The van der Waals surface area contributed by atoms with E-state index in [1.54, 1.807) is 0 Å². The molecule has 0 radical (unpaired) electrons. The number of anilines is 1. The molecule has 6 heteroatoms. The predicted molar refractivity (Wildman–Crippen MR) is 67.7 cm³/mol. The summed E-state index contributed by atoms with van der Waals surface area (Å²) in [5, 5.41) is 3.49. The third kappa shape index (κ3) is 5.01. The van der Waals surface area contributed by atoms with Gasteiger partial charge in [-0.1, -0.05) is 23.8 Å². The number of methoxy groups -OCH3 is 1. The van der Waals surface area contributed by atoms with Gasteiger partial charge in [-0.2, -0.15) is 4.98 Å². The van der Waals surface area contributed by atoms with Gasteiger partial charge in [0.15, 0.2) is 5.82 Å². The van der Waals surface area contributed by atoms with Gasteiger partial charge in [0.2, 0.25) is 0 Å². The molecule has 0 spiro atoms. The number of halogens is 1. The van der Waals surface area contributed by atoms with Crippen molar-refractivity contribution in [2.75, 3.05) is 32.2 Å². The van der Waals surface area contributed by atoms with Crippen LogP contribution in [0.3, 0.4) is 0 Å². The van der Waals surface area contributed by atoms with Crippen LogP contribution in [0, 0.1) is 0 Å². The first-order valence-corrected chi connectivity index (χ1v) is 5.54. The van der Waals surface area contributed by atoms with Crippen LogP contribution in [0.15, 0.2) is 18.3 Å². The molecular weight excluding hydrogens is 242 g/mol. The van der Waals surface area contributed by atoms with Crippen LogP contribution in [0.5, 0.6) is 6.01 Å². The molecule has 0 saturated heterocycles. The Kier molecular flexibility index (Phi) is 5.72. The van der Waals surface area contributed by atoms with E-state index in [-0.39, 0.29) is 6.01 Å². The number of nitrogens with one attached hydrogen (secondary N) is 1. The fourth-order valence-corrected chi connectivity index (χ4v) is 1.22. The van der Waals surface area contributed by atoms with E-state index in [1.165, 1.54) is 13.3 Å². The van der Waals surface area contributed by atoms with Gasteiger partial charge in [-0.15, -0.1) is 0 Å². The van der Waals surface area contributed by atoms with Crippen LogP contribution >= 0.6 is 11.6 Å². The Labute approximate surface area is 106 Å². The molecule has 0 saturated carbocycles. The number of hydrogen-bond donors (Lipinski definition) is 1. The minimum Gasteiger partial charge on any atom is -0.467 e. The van der Waals surface area contributed by atoms with Crippen LogP contribution in [0.1, 0.15) is 6.92 Å². The number of nitrogens with zero attached hydrogens (tertiary/aromatic N) is 2. The Morgan fingerprint density at radius 1 is 1.59 bits per heavy atom. The van der Waals surface area contributed by atoms with E-state index in [0.717, 1.165) is 5.57 Å². The minimum absolute atomic E-state index is 0.278. The molecule has 1 N–H and O–H groups in total. The first-order valence-electron chi connectivity index (χ1n) is 5.16. The average Bonchev–Trinajstić information content (AvgIpc) is 2.30. The summed E-state index contributed by atoms with van der Waals surface area (Å²) in [7, 11) is 1.50. The minimum atomic E-state index is 0.278. The third-order valence-corrected chi connectivity index (χ3v) is 2.07. The largest absolute Gasteiger partial charge is 0.467 e. The average molecular weight is 258 g/mol. The molecule has 0 unspecified atom stereocenters. The normalized spacial score (nSPS) is 10.1. The van der Waals surface area contributed by atoms with E-state index in [4.69, 9.17) is 21.1 Å². The molecule has 0 bridgehead atoms. The number of rotatable bonds is 7. The molecule has 0 aliphatic carbocycles. The van der Waals surface area contributed by atoms with E-state index >= 15 is 0 Å². The highest BCUT2D eigenvalue weighted by Gasteiger charge is 2.04. The Bertz CT molecular complexity index is 385. The van der Waals surface area contributed by atoms with Crippen molar-refractivity contribution in [3.8, 4) is 6.01 Å². The van der Waals surface area contributed by atoms with Gasteiger partial charge in [-0.25, -0.2) is 4.98 Å². The Hall–Kier alpha value is -1.33. The highest BCUT2D eigenvalue weighted by Crippen LogP contribution is 2.19. The zero-order valence-corrected chi connectivity index (χ0v) is 10.8. The van der Waals surface area contributed by atoms with Gasteiger partial charge in [0.25, 0.3) is 0 Å². The molecule has 1 rings (SSSR count). The SMILES string of the molecule is C=C(C)COCCNc1nc(OC)ncc1Cl. The lowest BCUT2D eigenvalue weighted by Crippen LogP contribution is -2.12. The van der Waals surface area contributed by atoms with Gasteiger partial charge in [-0.3, -0.25) is 0 Å². The highest BCUT2D eigenvalue weighted by molar-refractivity contribution is 6.32. The second kappa shape index (κ2) is 7.09. The molecule has 5 nitrogen and oxygen atoms in total. The van der Waals surface area contributed by atoms with E-state index < -0.39 is 0 Å². The predicted octanol–water partition coefficient (Wildman–Crippen LogP) is 2.14. The first-order chi connectivity index (χ1) is 8.13. The molecule has 0 aromatic carbocycles. The summed E-state index contributed by atoms with van der Waals surface area (Å²) in [6.07, 6.45) is 1.49. The Morgan fingerprint density at radius 2 is 2.35 bits per heavy atom. The van der Waals surface area contributed by atoms with Crippen molar-refractivity contribution in [1.82, 2.24) is 9.97 Å². The molecule has 0 fully saturated rings. The number of hydrogen-bond acceptors (Lipinski definition) is 5. The molecule has 0 amide bonds. The lowest BCUT2D eigenvalue weighted by molar-refractivity contribution is 0.167. The summed E-state index contributed by atoms with van der Waals surface area (Å²) < 4.78 is 10.2. The maximum atomic E-state index is 5.92. The lowest BCUT2D eigenvalue weighted by atomic mass is 10.4. The number of aromatic nitrogens is 2. The summed E-state index contributed by atoms with van der Waals surface area (Å²) in [6.45, 7) is 7.37. The van der Waals surface area contributed by atoms with Crippen LogP contribution in [-0.2, 0) is 4.74 Å². The van der Waals surface area contributed by atoms with Crippen LogP contribution in [0.2, 0.25) is 5.02 Å². The van der Waals surface area contributed by atoms with Gasteiger partial charge in [0, 0.05) is 6.54 Å². The van der Waals surface area contributed by atoms with E-state index in [9.17, 15) is 0 Å². The Morgan fingerprint density at radius 3 is 3.00 bits per heavy atom. The molecular formula is C11H16ClN3O2. The Balaban J connectivity index is 2.38. The van der Waals surface area contributed by atoms with Crippen molar-refractivity contribution in [2.45, 2.75) is 6.92 Å². The first kappa shape index (κ1) is 13.7. The van der Waals surface area contributed by atoms with Crippen LogP contribution in [-0.4, -0.2) is 36.8 Å². The summed E-state index contributed by atoms with van der Waals surface area (Å²) in [4.78, 5) is 7.95. The second-order valence-electron chi connectivity index (χ2n) is 3.49. The molecule has 94 valence electrons. The van der Waals surface area contributed by atoms with Crippen molar-refractivity contribution in [3.63, 3.8) is 0 Å². The van der Waals surface area contributed by atoms with E-state index in [1.807, 2.05) is 6.92 Å². The van der Waals surface area contributed by atoms with E-state index in [2.05, 4.69) is 21.9 Å². The maximum absolute atomic E-state index is 5.92. The van der Waals surface area contributed by atoms with Crippen molar-refractivity contribution >= 4 is 17.4 Å². The van der Waals surface area contributed by atoms with Crippen molar-refractivity contribution < 1.29 is 9.47 Å². The molecule has 17 heavy (non-hydrogen) atoms. The second-order valence-corrected chi connectivity index (χ2v) is 3.90. The van der Waals surface area contributed by atoms with Gasteiger partial charge >= 0.3 is 6.01 Å². The fourth-order valence-electron chi connectivity index (χ4n) is 1.06. The van der Waals surface area contributed by atoms with Crippen molar-refractivity contribution in [1.29, 1.82) is 0 Å². The molecule has 0 atom stereocenters. The van der Waals surface area contributed by atoms with Crippen LogP contribution in [0.25, 0.3) is 0 Å². The van der Waals surface area contributed by atoms with Gasteiger partial charge in [-0.05, 0) is 6.92 Å². The van der Waals surface area contributed by atoms with Crippen LogP contribution in [0.4, 0.5) is 5.82 Å². The smallest absolute Gasteiger partial charge is 0.318 e. The van der Waals surface area contributed by atoms with Crippen molar-refractivity contribution in [2.24, 2.45) is 0 Å². The molecule has 0 aliphatic heterocycles. The van der Waals surface area contributed by atoms with Gasteiger partial charge < -0.3 is 14.8 Å². The maximum Gasteiger partial charge on any atom is 0.318 e. The number of ether oxygens (including phenoxy) is 2. The summed E-state index contributed by atoms with van der Waals surface area (Å²) in [5.41, 5.74) is 0.992. The lowest BCUT2D eigenvalue weighted by Gasteiger charge is -2.08. The summed E-state index contributed by atoms with van der Waals surface area (Å²) in [6, 6.07) is 0.278. The zero-order valence-electron chi connectivity index (χ0n) is 9.99. The molecule has 1 heterocycles. The molecule has 0 aliphatic rings. The summed E-state index contributed by atoms with van der Waals surface area (Å²) >= 11 is 5.92. The zero-order chi connectivity index (χ0) is 12.7. The fraction of sp³-hybridized carbons (Fsp3) is 0.455. The highest BCUT2D eigenvalue weighted by atomic mass is 35.5. The van der Waals surface area contributed by atoms with Gasteiger partial charge in [0.1, 0.15) is 5.02 Å². The summed E-state index contributed by atoms with van der Waals surface area (Å²) in [5.74, 6) is 0.539. The monoisotopic (exact) mass is 257 g/mol. The standard InChI is InChI=1S/C11H16ClN3O2/c1-8(2)7-17-5-4-13-10-9(12)6-14-11(15-10)16-3/h6H,1,4-5,7H2,2-3H3,(H,13,14,15). The van der Waals surface area contributed by atoms with Gasteiger partial charge in [0.05, 0.1) is 26.5 Å². The molecule has 1 aromatic heterocycles. The quantitative estimate of drug-likeness (QED) is 0.599.